The third kappa shape index (κ3) is 8.34. The summed E-state index contributed by atoms with van der Waals surface area (Å²) in [5.74, 6) is -2.49. The number of aromatic amines is 1. The van der Waals surface area contributed by atoms with E-state index in [1.807, 2.05) is 54.6 Å². The van der Waals surface area contributed by atoms with Crippen molar-refractivity contribution in [1.82, 2.24) is 15.5 Å². The molecule has 1 amide bonds. The van der Waals surface area contributed by atoms with Gasteiger partial charge in [-0.05, 0) is 42.0 Å². The summed E-state index contributed by atoms with van der Waals surface area (Å²) in [6, 6.07) is 17.5. The highest BCUT2D eigenvalue weighted by Crippen LogP contribution is 2.21. The molecule has 3 aromatic rings. The molecule has 1 heterocycles. The Morgan fingerprint density at radius 2 is 1.62 bits per heavy atom. The lowest BCUT2D eigenvalue weighted by molar-refractivity contribution is -0.169. The fraction of sp³-hybridized carbons (Fsp3) is 0.367. The van der Waals surface area contributed by atoms with Crippen molar-refractivity contribution in [3.05, 3.63) is 77.6 Å². The number of carbonyl (C=O) groups excluding carboxylic acids is 4. The van der Waals surface area contributed by atoms with Crippen molar-refractivity contribution in [1.29, 1.82) is 0 Å². The molecule has 0 fully saturated rings. The van der Waals surface area contributed by atoms with Gasteiger partial charge < -0.3 is 20.5 Å². The second-order valence-corrected chi connectivity index (χ2v) is 9.84. The Morgan fingerprint density at radius 3 is 2.20 bits per heavy atom. The maximum absolute atomic E-state index is 13.1. The molecule has 0 aliphatic carbocycles. The second kappa shape index (κ2) is 14.2. The van der Waals surface area contributed by atoms with E-state index in [0.717, 1.165) is 16.7 Å². The zero-order valence-corrected chi connectivity index (χ0v) is 23.2. The number of hydrogen-bond acceptors (Lipinski definition) is 8. The lowest BCUT2D eigenvalue weighted by atomic mass is 9.97. The number of nitrogens with two attached hydrogens (primary N) is 1. The van der Waals surface area contributed by atoms with Gasteiger partial charge in [-0.15, -0.1) is 0 Å². The molecule has 0 spiro atoms. The topological polar surface area (TPSA) is 153 Å². The van der Waals surface area contributed by atoms with Crippen molar-refractivity contribution in [2.24, 2.45) is 11.7 Å². The summed E-state index contributed by atoms with van der Waals surface area (Å²) in [6.45, 7) is 6.62. The molecule has 3 rings (SSSR count). The molecule has 10 nitrogen and oxygen atoms in total. The van der Waals surface area contributed by atoms with E-state index < -0.39 is 36.0 Å². The number of amides is 1. The first kappa shape index (κ1) is 30.2. The van der Waals surface area contributed by atoms with E-state index in [0.29, 0.717) is 6.42 Å². The van der Waals surface area contributed by atoms with Crippen LogP contribution >= 0.6 is 0 Å². The predicted molar refractivity (Wildman–Crippen MR) is 149 cm³/mol. The van der Waals surface area contributed by atoms with E-state index in [4.69, 9.17) is 15.2 Å². The van der Waals surface area contributed by atoms with Gasteiger partial charge in [0.05, 0.1) is 6.61 Å². The van der Waals surface area contributed by atoms with Gasteiger partial charge in [0.2, 0.25) is 6.10 Å². The van der Waals surface area contributed by atoms with Crippen molar-refractivity contribution in [3.8, 4) is 11.1 Å². The molecule has 0 saturated heterocycles. The van der Waals surface area contributed by atoms with Crippen molar-refractivity contribution in [2.75, 3.05) is 6.61 Å². The number of benzene rings is 2. The fourth-order valence-electron chi connectivity index (χ4n) is 4.00. The van der Waals surface area contributed by atoms with E-state index in [2.05, 4.69) is 15.5 Å². The summed E-state index contributed by atoms with van der Waals surface area (Å²) in [7, 11) is 0. The van der Waals surface area contributed by atoms with Gasteiger partial charge in [0, 0.05) is 19.4 Å². The van der Waals surface area contributed by atoms with Crippen LogP contribution in [-0.2, 0) is 25.5 Å². The molecule has 0 aliphatic rings. The van der Waals surface area contributed by atoms with Crippen molar-refractivity contribution in [3.63, 3.8) is 0 Å². The molecule has 2 aromatic carbocycles. The number of aromatic nitrogens is 2. The van der Waals surface area contributed by atoms with Crippen LogP contribution in [0.15, 0.2) is 60.7 Å². The van der Waals surface area contributed by atoms with Crippen molar-refractivity contribution < 1.29 is 28.7 Å². The summed E-state index contributed by atoms with van der Waals surface area (Å²) in [5, 5.41) is 9.31. The van der Waals surface area contributed by atoms with Crippen LogP contribution < -0.4 is 11.1 Å². The van der Waals surface area contributed by atoms with E-state index in [1.54, 1.807) is 20.8 Å². The zero-order chi connectivity index (χ0) is 29.2. The highest BCUT2D eigenvalue weighted by atomic mass is 16.6. The largest absolute Gasteiger partial charge is 0.463 e. The molecule has 0 unspecified atom stereocenters. The van der Waals surface area contributed by atoms with Crippen LogP contribution in [0.4, 0.5) is 0 Å². The molecule has 10 heteroatoms. The van der Waals surface area contributed by atoms with E-state index in [-0.39, 0.29) is 36.1 Å². The lowest BCUT2D eigenvalue weighted by Gasteiger charge is -2.25. The van der Waals surface area contributed by atoms with Crippen molar-refractivity contribution >= 4 is 23.6 Å². The molecule has 3 atom stereocenters. The summed E-state index contributed by atoms with van der Waals surface area (Å²) in [6.07, 6.45) is -1.03. The molecule has 0 saturated carbocycles. The third-order valence-electron chi connectivity index (χ3n) is 6.36. The Balaban J connectivity index is 1.86. The zero-order valence-electron chi connectivity index (χ0n) is 23.2. The maximum Gasteiger partial charge on any atom is 0.347 e. The van der Waals surface area contributed by atoms with Gasteiger partial charge in [-0.25, -0.2) is 4.79 Å². The summed E-state index contributed by atoms with van der Waals surface area (Å²) in [5.41, 5.74) is 9.13. The number of ether oxygens (including phenoxy) is 2. The molecule has 40 heavy (non-hydrogen) atoms. The molecule has 0 bridgehead atoms. The number of nitrogens with one attached hydrogen (secondary N) is 2. The molecule has 0 aliphatic heterocycles. The maximum atomic E-state index is 13.1. The Hall–Kier alpha value is -4.31. The Kier molecular flexibility index (Phi) is 10.7. The number of esters is 2. The minimum Gasteiger partial charge on any atom is -0.463 e. The SMILES string of the molecule is CCOC(=O)[C@@H](C[C@@H](Cc1ccc(-c2ccccc2)cc1)NC(=O)c1cc(C(C)=O)n[nH]1)OC(=O)[C@@H](N)C(C)C. The number of ketones is 1. The minimum atomic E-state index is -1.29. The smallest absolute Gasteiger partial charge is 0.347 e. The highest BCUT2D eigenvalue weighted by molar-refractivity contribution is 5.97. The standard InChI is InChI=1S/C30H36N4O6/c1-5-39-29(37)26(40-30(38)27(31)18(2)3)16-23(32-28(36)25-17-24(19(4)35)33-34-25)15-20-11-13-22(14-12-20)21-9-7-6-8-10-21/h6-14,17-18,23,26-27H,5,15-16,31H2,1-4H3,(H,32,36)(H,33,34)/t23-,26-,27+/m1/s1. The second-order valence-electron chi connectivity index (χ2n) is 9.84. The van der Waals surface area contributed by atoms with E-state index >= 15 is 0 Å². The quantitative estimate of drug-likeness (QED) is 0.217. The van der Waals surface area contributed by atoms with Gasteiger partial charge in [0.25, 0.3) is 5.91 Å². The Morgan fingerprint density at radius 1 is 0.975 bits per heavy atom. The number of H-pyrrole nitrogens is 1. The first-order valence-corrected chi connectivity index (χ1v) is 13.2. The molecule has 212 valence electrons. The van der Waals surface area contributed by atoms with Crippen LogP contribution in [0.2, 0.25) is 0 Å². The van der Waals surface area contributed by atoms with E-state index in [1.165, 1.54) is 13.0 Å². The van der Waals surface area contributed by atoms with Gasteiger partial charge in [0.1, 0.15) is 17.4 Å². The van der Waals surface area contributed by atoms with Gasteiger partial charge in [-0.2, -0.15) is 5.10 Å². The first-order valence-electron chi connectivity index (χ1n) is 13.2. The Labute approximate surface area is 233 Å². The molecule has 0 radical (unpaired) electrons. The molecule has 1 aromatic heterocycles. The number of rotatable bonds is 13. The lowest BCUT2D eigenvalue weighted by Crippen LogP contribution is -2.45. The number of Topliss-reactive ketones (excluding diaryl/α,β-unsaturated/α-hetero) is 1. The Bertz CT molecular complexity index is 1300. The number of carbonyl (C=O) groups is 4. The van der Waals surface area contributed by atoms with Crippen molar-refractivity contribution in [2.45, 2.75) is 58.7 Å². The highest BCUT2D eigenvalue weighted by Gasteiger charge is 2.32. The van der Waals surface area contributed by atoms with Crippen LogP contribution in [-0.4, -0.2) is 58.6 Å². The fourth-order valence-corrected chi connectivity index (χ4v) is 4.00. The molecular weight excluding hydrogens is 512 g/mol. The van der Waals surface area contributed by atoms with Gasteiger partial charge >= 0.3 is 11.9 Å². The van der Waals surface area contributed by atoms with Crippen LogP contribution in [0.5, 0.6) is 0 Å². The number of hydrogen-bond donors (Lipinski definition) is 3. The van der Waals surface area contributed by atoms with Gasteiger partial charge in [-0.3, -0.25) is 19.5 Å². The average Bonchev–Trinajstić information content (AvgIpc) is 3.44. The average molecular weight is 549 g/mol. The monoisotopic (exact) mass is 548 g/mol. The van der Waals surface area contributed by atoms with Crippen LogP contribution in [0.25, 0.3) is 11.1 Å². The van der Waals surface area contributed by atoms with Crippen LogP contribution in [0.1, 0.15) is 60.7 Å². The van der Waals surface area contributed by atoms with E-state index in [9.17, 15) is 19.2 Å². The van der Waals surface area contributed by atoms with Crippen LogP contribution in [0, 0.1) is 5.92 Å². The number of nitrogens with zero attached hydrogens (tertiary/aromatic N) is 1. The third-order valence-corrected chi connectivity index (χ3v) is 6.36. The first-order chi connectivity index (χ1) is 19.1. The van der Waals surface area contributed by atoms with Gasteiger partial charge in [-0.1, -0.05) is 68.4 Å². The summed E-state index contributed by atoms with van der Waals surface area (Å²) in [4.78, 5) is 50.1. The minimum absolute atomic E-state index is 0.0603. The summed E-state index contributed by atoms with van der Waals surface area (Å²) < 4.78 is 10.7. The van der Waals surface area contributed by atoms with Gasteiger partial charge in [0.15, 0.2) is 5.78 Å². The predicted octanol–water partition coefficient (Wildman–Crippen LogP) is 3.47. The summed E-state index contributed by atoms with van der Waals surface area (Å²) >= 11 is 0. The normalized spacial score (nSPS) is 13.2. The molecular formula is C30H36N4O6. The van der Waals surface area contributed by atoms with Crippen LogP contribution in [0.3, 0.4) is 0 Å². The molecule has 4 N–H and O–H groups in total.